The minimum Gasteiger partial charge on any atom is -0.337 e. The van der Waals surface area contributed by atoms with Gasteiger partial charge in [0.1, 0.15) is 5.54 Å². The molecule has 1 aliphatic carbocycles. The monoisotopic (exact) mass is 477 g/mol. The van der Waals surface area contributed by atoms with Gasteiger partial charge in [-0.15, -0.1) is 0 Å². The Morgan fingerprint density at radius 2 is 1.77 bits per heavy atom. The SMILES string of the molecule is Cc1cccc(C(NC(=O)/C=C/c2ccc(C(=O)NC3(C#N)CC3)c3ccccc23)C(F)(F)F)c1. The van der Waals surface area contributed by atoms with Crippen molar-refractivity contribution in [2.75, 3.05) is 0 Å². The summed E-state index contributed by atoms with van der Waals surface area (Å²) in [6, 6.07) is 16.1. The molecule has 3 aromatic carbocycles. The molecule has 2 N–H and O–H groups in total. The van der Waals surface area contributed by atoms with E-state index in [1.54, 1.807) is 49.4 Å². The Kier molecular flexibility index (Phi) is 6.35. The minimum atomic E-state index is -4.67. The van der Waals surface area contributed by atoms with Gasteiger partial charge in [-0.2, -0.15) is 18.4 Å². The van der Waals surface area contributed by atoms with Gasteiger partial charge in [-0.05, 0) is 53.8 Å². The van der Waals surface area contributed by atoms with Crippen molar-refractivity contribution >= 4 is 28.7 Å². The molecule has 178 valence electrons. The van der Waals surface area contributed by atoms with Crippen molar-refractivity contribution in [1.29, 1.82) is 5.26 Å². The van der Waals surface area contributed by atoms with E-state index < -0.39 is 23.7 Å². The number of aryl methyl sites for hydroxylation is 1. The number of halogens is 3. The molecule has 0 radical (unpaired) electrons. The third-order valence-corrected chi connectivity index (χ3v) is 5.92. The van der Waals surface area contributed by atoms with Gasteiger partial charge in [0.2, 0.25) is 5.91 Å². The van der Waals surface area contributed by atoms with Gasteiger partial charge in [-0.3, -0.25) is 9.59 Å². The lowest BCUT2D eigenvalue weighted by molar-refractivity contribution is -0.162. The van der Waals surface area contributed by atoms with Crippen molar-refractivity contribution in [2.45, 2.75) is 37.5 Å². The van der Waals surface area contributed by atoms with E-state index in [-0.39, 0.29) is 11.5 Å². The number of nitrogens with one attached hydrogen (secondary N) is 2. The van der Waals surface area contributed by atoms with Crippen LogP contribution in [0.5, 0.6) is 0 Å². The topological polar surface area (TPSA) is 82.0 Å². The highest BCUT2D eigenvalue weighted by atomic mass is 19.4. The number of nitriles is 1. The molecule has 1 unspecified atom stereocenters. The molecule has 3 aromatic rings. The van der Waals surface area contributed by atoms with Crippen molar-refractivity contribution in [3.8, 4) is 6.07 Å². The van der Waals surface area contributed by atoms with Crippen LogP contribution in [-0.4, -0.2) is 23.5 Å². The van der Waals surface area contributed by atoms with E-state index in [0.29, 0.717) is 40.3 Å². The molecule has 1 aliphatic rings. The summed E-state index contributed by atoms with van der Waals surface area (Å²) in [6.45, 7) is 1.68. The highest BCUT2D eigenvalue weighted by Gasteiger charge is 2.45. The van der Waals surface area contributed by atoms with Crippen LogP contribution in [0, 0.1) is 18.3 Å². The highest BCUT2D eigenvalue weighted by molar-refractivity contribution is 6.10. The summed E-state index contributed by atoms with van der Waals surface area (Å²) in [5, 5.41) is 15.3. The lowest BCUT2D eigenvalue weighted by Gasteiger charge is -2.21. The van der Waals surface area contributed by atoms with Crippen LogP contribution in [0.3, 0.4) is 0 Å². The van der Waals surface area contributed by atoms with Gasteiger partial charge < -0.3 is 10.6 Å². The van der Waals surface area contributed by atoms with Crippen LogP contribution in [0.25, 0.3) is 16.8 Å². The number of carbonyl (C=O) groups is 2. The molecule has 1 saturated carbocycles. The fourth-order valence-corrected chi connectivity index (χ4v) is 3.90. The average molecular weight is 477 g/mol. The summed E-state index contributed by atoms with van der Waals surface area (Å²) >= 11 is 0. The van der Waals surface area contributed by atoms with Crippen molar-refractivity contribution in [3.05, 3.63) is 89.0 Å². The average Bonchev–Trinajstić information content (AvgIpc) is 3.60. The predicted molar refractivity (Wildman–Crippen MR) is 126 cm³/mol. The molecule has 0 heterocycles. The van der Waals surface area contributed by atoms with Gasteiger partial charge in [-0.1, -0.05) is 60.2 Å². The number of nitrogens with zero attached hydrogens (tertiary/aromatic N) is 1. The van der Waals surface area contributed by atoms with Crippen LogP contribution in [0.2, 0.25) is 0 Å². The second-order valence-corrected chi connectivity index (χ2v) is 8.63. The quantitative estimate of drug-likeness (QED) is 0.469. The fourth-order valence-electron chi connectivity index (χ4n) is 3.90. The molecule has 0 bridgehead atoms. The second kappa shape index (κ2) is 9.26. The Balaban J connectivity index is 1.58. The predicted octanol–water partition coefficient (Wildman–Crippen LogP) is 5.37. The van der Waals surface area contributed by atoms with Gasteiger partial charge in [0.25, 0.3) is 5.91 Å². The number of fused-ring (bicyclic) bond motifs is 1. The lowest BCUT2D eigenvalue weighted by Crippen LogP contribution is -2.37. The lowest BCUT2D eigenvalue weighted by atomic mass is 9.98. The molecule has 5 nitrogen and oxygen atoms in total. The van der Waals surface area contributed by atoms with Crippen LogP contribution in [0.1, 0.15) is 45.9 Å². The van der Waals surface area contributed by atoms with Crippen LogP contribution in [0.15, 0.2) is 66.7 Å². The molecule has 2 amide bonds. The Morgan fingerprint density at radius 3 is 2.40 bits per heavy atom. The van der Waals surface area contributed by atoms with E-state index in [4.69, 9.17) is 0 Å². The molecule has 8 heteroatoms. The summed E-state index contributed by atoms with van der Waals surface area (Å²) < 4.78 is 40.9. The molecule has 4 rings (SSSR count). The van der Waals surface area contributed by atoms with E-state index in [1.165, 1.54) is 24.3 Å². The molecular formula is C27H22F3N3O2. The summed E-state index contributed by atoms with van der Waals surface area (Å²) in [6.07, 6.45) is -0.998. The Hall–Kier alpha value is -4.12. The summed E-state index contributed by atoms with van der Waals surface area (Å²) in [7, 11) is 0. The van der Waals surface area contributed by atoms with Gasteiger partial charge in [-0.25, -0.2) is 0 Å². The first-order valence-corrected chi connectivity index (χ1v) is 11.0. The Labute approximate surface area is 200 Å². The van der Waals surface area contributed by atoms with Gasteiger partial charge in [0.05, 0.1) is 6.07 Å². The van der Waals surface area contributed by atoms with Crippen LogP contribution >= 0.6 is 0 Å². The number of hydrogen-bond acceptors (Lipinski definition) is 3. The first kappa shape index (κ1) is 24.0. The molecule has 1 fully saturated rings. The van der Waals surface area contributed by atoms with E-state index in [1.807, 2.05) is 5.32 Å². The maximum Gasteiger partial charge on any atom is 0.412 e. The van der Waals surface area contributed by atoms with Crippen LogP contribution in [-0.2, 0) is 4.79 Å². The summed E-state index contributed by atoms with van der Waals surface area (Å²) in [5.41, 5.74) is 0.722. The number of carbonyl (C=O) groups excluding carboxylic acids is 2. The number of amides is 2. The molecule has 35 heavy (non-hydrogen) atoms. The van der Waals surface area contributed by atoms with Crippen molar-refractivity contribution in [1.82, 2.24) is 10.6 Å². The zero-order valence-corrected chi connectivity index (χ0v) is 18.8. The van der Waals surface area contributed by atoms with E-state index in [2.05, 4.69) is 11.4 Å². The number of alkyl halides is 3. The fraction of sp³-hybridized carbons (Fsp3) is 0.222. The first-order chi connectivity index (χ1) is 16.6. The molecular weight excluding hydrogens is 455 g/mol. The standard InChI is InChI=1S/C27H22F3N3O2/c1-17-5-4-6-19(15-17)24(27(28,29)30)32-23(34)12-10-18-9-11-22(21-8-3-2-7-20(18)21)25(35)33-26(16-31)13-14-26/h2-12,15,24H,13-14H2,1H3,(H,32,34)(H,33,35)/b12-10+. The second-order valence-electron chi connectivity index (χ2n) is 8.63. The summed E-state index contributed by atoms with van der Waals surface area (Å²) in [4.78, 5) is 25.2. The Morgan fingerprint density at radius 1 is 1.06 bits per heavy atom. The zero-order valence-electron chi connectivity index (χ0n) is 18.8. The normalized spacial score (nSPS) is 15.4. The van der Waals surface area contributed by atoms with E-state index in [9.17, 15) is 28.0 Å². The maximum absolute atomic E-state index is 13.6. The van der Waals surface area contributed by atoms with Crippen LogP contribution in [0.4, 0.5) is 13.2 Å². The molecule has 1 atom stereocenters. The van der Waals surface area contributed by atoms with Crippen molar-refractivity contribution < 1.29 is 22.8 Å². The number of benzene rings is 3. The van der Waals surface area contributed by atoms with Gasteiger partial charge >= 0.3 is 6.18 Å². The molecule has 0 spiro atoms. The Bertz CT molecular complexity index is 1370. The smallest absolute Gasteiger partial charge is 0.337 e. The number of rotatable bonds is 6. The van der Waals surface area contributed by atoms with Crippen molar-refractivity contribution in [3.63, 3.8) is 0 Å². The number of hydrogen-bond donors (Lipinski definition) is 2. The first-order valence-electron chi connectivity index (χ1n) is 11.0. The third-order valence-electron chi connectivity index (χ3n) is 5.92. The summed E-state index contributed by atoms with van der Waals surface area (Å²) in [5.74, 6) is -1.27. The zero-order chi connectivity index (χ0) is 25.2. The third kappa shape index (κ3) is 5.35. The molecule has 0 aliphatic heterocycles. The molecule has 0 aromatic heterocycles. The van der Waals surface area contributed by atoms with Crippen LogP contribution < -0.4 is 10.6 Å². The maximum atomic E-state index is 13.6. The van der Waals surface area contributed by atoms with E-state index >= 15 is 0 Å². The van der Waals surface area contributed by atoms with Gasteiger partial charge in [0.15, 0.2) is 6.04 Å². The minimum absolute atomic E-state index is 0.0501. The molecule has 0 saturated heterocycles. The largest absolute Gasteiger partial charge is 0.412 e. The van der Waals surface area contributed by atoms with E-state index in [0.717, 1.165) is 6.08 Å². The van der Waals surface area contributed by atoms with Crippen molar-refractivity contribution in [2.24, 2.45) is 0 Å². The van der Waals surface area contributed by atoms with Gasteiger partial charge in [0, 0.05) is 11.6 Å². The highest BCUT2D eigenvalue weighted by Crippen LogP contribution is 2.35.